The van der Waals surface area contributed by atoms with Crippen LogP contribution in [0.25, 0.3) is 0 Å². The van der Waals surface area contributed by atoms with Gasteiger partial charge in [0, 0.05) is 18.6 Å². The van der Waals surface area contributed by atoms with E-state index in [0.717, 1.165) is 24.3 Å². The van der Waals surface area contributed by atoms with E-state index in [-0.39, 0.29) is 0 Å². The lowest BCUT2D eigenvalue weighted by atomic mass is 9.70. The van der Waals surface area contributed by atoms with Gasteiger partial charge in [-0.1, -0.05) is 33.6 Å². The first-order valence-electron chi connectivity index (χ1n) is 8.06. The van der Waals surface area contributed by atoms with Gasteiger partial charge in [-0.15, -0.1) is 0 Å². The van der Waals surface area contributed by atoms with Gasteiger partial charge in [-0.05, 0) is 50.0 Å². The summed E-state index contributed by atoms with van der Waals surface area (Å²) in [5.74, 6) is 2.68. The van der Waals surface area contributed by atoms with Crippen LogP contribution in [0.5, 0.6) is 0 Å². The molecule has 0 heterocycles. The van der Waals surface area contributed by atoms with E-state index >= 15 is 0 Å². The van der Waals surface area contributed by atoms with Crippen molar-refractivity contribution in [3.05, 3.63) is 0 Å². The van der Waals surface area contributed by atoms with Gasteiger partial charge in [0.1, 0.15) is 0 Å². The fourth-order valence-corrected chi connectivity index (χ4v) is 3.83. The van der Waals surface area contributed by atoms with Crippen molar-refractivity contribution in [1.82, 2.24) is 4.90 Å². The van der Waals surface area contributed by atoms with E-state index in [1.54, 1.807) is 0 Å². The van der Waals surface area contributed by atoms with Crippen molar-refractivity contribution in [2.24, 2.45) is 23.5 Å². The largest absolute Gasteiger partial charge is 0.329 e. The van der Waals surface area contributed by atoms with Crippen LogP contribution in [-0.2, 0) is 0 Å². The Morgan fingerprint density at radius 3 is 2.50 bits per heavy atom. The molecule has 0 aromatic rings. The molecule has 2 N–H and O–H groups in total. The Balaban J connectivity index is 2.06. The summed E-state index contributed by atoms with van der Waals surface area (Å²) >= 11 is 0. The lowest BCUT2D eigenvalue weighted by Crippen LogP contribution is -2.57. The second kappa shape index (κ2) is 5.92. The topological polar surface area (TPSA) is 29.3 Å². The minimum Gasteiger partial charge on any atom is -0.329 e. The van der Waals surface area contributed by atoms with Crippen molar-refractivity contribution < 1.29 is 0 Å². The lowest BCUT2D eigenvalue weighted by molar-refractivity contribution is 0.0257. The van der Waals surface area contributed by atoms with Gasteiger partial charge in [-0.25, -0.2) is 0 Å². The fourth-order valence-electron chi connectivity index (χ4n) is 3.83. The first kappa shape index (κ1) is 14.3. The smallest absolute Gasteiger partial charge is 0.0334 e. The number of nitrogens with zero attached hydrogens (tertiary/aromatic N) is 1. The molecule has 2 nitrogen and oxygen atoms in total. The molecule has 0 saturated heterocycles. The van der Waals surface area contributed by atoms with Gasteiger partial charge >= 0.3 is 0 Å². The maximum Gasteiger partial charge on any atom is 0.0334 e. The Kier molecular flexibility index (Phi) is 4.71. The Labute approximate surface area is 113 Å². The van der Waals surface area contributed by atoms with Gasteiger partial charge in [-0.3, -0.25) is 4.90 Å². The number of nitrogens with two attached hydrogens (primary N) is 1. The highest BCUT2D eigenvalue weighted by Gasteiger charge is 2.41. The molecule has 0 aromatic carbocycles. The SMILES string of the molecule is CCN(CC1CC1)C1(CN)CCCC(C(C)C)C1. The Hall–Kier alpha value is -0.0800. The second-order valence-corrected chi connectivity index (χ2v) is 7.01. The molecule has 2 aliphatic carbocycles. The Bertz CT molecular complexity index is 260. The van der Waals surface area contributed by atoms with Crippen LogP contribution >= 0.6 is 0 Å². The zero-order chi connectivity index (χ0) is 13.2. The van der Waals surface area contributed by atoms with Crippen LogP contribution in [0.2, 0.25) is 0 Å². The molecule has 2 fully saturated rings. The third kappa shape index (κ3) is 3.08. The van der Waals surface area contributed by atoms with Gasteiger partial charge in [0.15, 0.2) is 0 Å². The molecule has 18 heavy (non-hydrogen) atoms. The average Bonchev–Trinajstić information content (AvgIpc) is 3.19. The van der Waals surface area contributed by atoms with E-state index in [0.29, 0.717) is 5.54 Å². The minimum absolute atomic E-state index is 0.324. The second-order valence-electron chi connectivity index (χ2n) is 7.01. The molecule has 0 radical (unpaired) electrons. The predicted molar refractivity (Wildman–Crippen MR) is 78.6 cm³/mol. The van der Waals surface area contributed by atoms with E-state index < -0.39 is 0 Å². The number of rotatable bonds is 6. The summed E-state index contributed by atoms with van der Waals surface area (Å²) < 4.78 is 0. The Morgan fingerprint density at radius 2 is 2.00 bits per heavy atom. The standard InChI is InChI=1S/C16H32N2/c1-4-18(11-14-7-8-14)16(12-17)9-5-6-15(10-16)13(2)3/h13-15H,4-12,17H2,1-3H3. The fraction of sp³-hybridized carbons (Fsp3) is 1.00. The zero-order valence-corrected chi connectivity index (χ0v) is 12.6. The Morgan fingerprint density at radius 1 is 1.28 bits per heavy atom. The molecule has 2 rings (SSSR count). The summed E-state index contributed by atoms with van der Waals surface area (Å²) in [4.78, 5) is 2.74. The number of hydrogen-bond donors (Lipinski definition) is 1. The molecule has 2 unspecified atom stereocenters. The third-order valence-electron chi connectivity index (χ3n) is 5.41. The van der Waals surface area contributed by atoms with Crippen molar-refractivity contribution in [3.63, 3.8) is 0 Å². The molecule has 0 bridgehead atoms. The first-order valence-corrected chi connectivity index (χ1v) is 8.06. The molecule has 2 aliphatic rings. The highest BCUT2D eigenvalue weighted by molar-refractivity contribution is 4.98. The monoisotopic (exact) mass is 252 g/mol. The van der Waals surface area contributed by atoms with E-state index in [4.69, 9.17) is 5.73 Å². The van der Waals surface area contributed by atoms with Gasteiger partial charge < -0.3 is 5.73 Å². The zero-order valence-electron chi connectivity index (χ0n) is 12.6. The van der Waals surface area contributed by atoms with Crippen LogP contribution in [0.4, 0.5) is 0 Å². The summed E-state index contributed by atoms with van der Waals surface area (Å²) in [7, 11) is 0. The molecule has 0 aliphatic heterocycles. The van der Waals surface area contributed by atoms with Crippen LogP contribution in [0.1, 0.15) is 59.3 Å². The molecule has 0 aromatic heterocycles. The summed E-state index contributed by atoms with van der Waals surface area (Å²) in [5.41, 5.74) is 6.56. The molecule has 2 atom stereocenters. The predicted octanol–water partition coefficient (Wildman–Crippen LogP) is 3.26. The lowest BCUT2D eigenvalue weighted by Gasteiger charge is -2.49. The molecular formula is C16H32N2. The van der Waals surface area contributed by atoms with E-state index in [2.05, 4.69) is 25.7 Å². The molecule has 0 spiro atoms. The van der Waals surface area contributed by atoms with Crippen molar-refractivity contribution in [2.75, 3.05) is 19.6 Å². The molecule has 2 saturated carbocycles. The molecule has 2 heteroatoms. The van der Waals surface area contributed by atoms with Gasteiger partial charge in [0.2, 0.25) is 0 Å². The van der Waals surface area contributed by atoms with Gasteiger partial charge in [0.25, 0.3) is 0 Å². The molecule has 106 valence electrons. The molecule has 0 amide bonds. The highest BCUT2D eigenvalue weighted by Crippen LogP contribution is 2.41. The maximum atomic E-state index is 6.23. The van der Waals surface area contributed by atoms with E-state index in [1.165, 1.54) is 51.6 Å². The van der Waals surface area contributed by atoms with Crippen LogP contribution in [0.15, 0.2) is 0 Å². The van der Waals surface area contributed by atoms with Crippen LogP contribution < -0.4 is 5.73 Å². The van der Waals surface area contributed by atoms with Crippen molar-refractivity contribution in [2.45, 2.75) is 64.8 Å². The quantitative estimate of drug-likeness (QED) is 0.786. The van der Waals surface area contributed by atoms with Crippen molar-refractivity contribution >= 4 is 0 Å². The van der Waals surface area contributed by atoms with Gasteiger partial charge in [-0.2, -0.15) is 0 Å². The summed E-state index contributed by atoms with van der Waals surface area (Å²) in [5, 5.41) is 0. The van der Waals surface area contributed by atoms with Crippen LogP contribution in [-0.4, -0.2) is 30.1 Å². The average molecular weight is 252 g/mol. The first-order chi connectivity index (χ1) is 8.61. The maximum absolute atomic E-state index is 6.23. The minimum atomic E-state index is 0.324. The number of hydrogen-bond acceptors (Lipinski definition) is 2. The van der Waals surface area contributed by atoms with Crippen LogP contribution in [0.3, 0.4) is 0 Å². The molecular weight excluding hydrogens is 220 g/mol. The van der Waals surface area contributed by atoms with E-state index in [9.17, 15) is 0 Å². The summed E-state index contributed by atoms with van der Waals surface area (Å²) in [6.07, 6.45) is 8.35. The van der Waals surface area contributed by atoms with Gasteiger partial charge in [0.05, 0.1) is 0 Å². The summed E-state index contributed by atoms with van der Waals surface area (Å²) in [6, 6.07) is 0. The normalized spacial score (nSPS) is 33.3. The van der Waals surface area contributed by atoms with E-state index in [1.807, 2.05) is 0 Å². The van der Waals surface area contributed by atoms with Crippen molar-refractivity contribution in [3.8, 4) is 0 Å². The third-order valence-corrected chi connectivity index (χ3v) is 5.41. The number of likely N-dealkylation sites (N-methyl/N-ethyl adjacent to an activating group) is 1. The van der Waals surface area contributed by atoms with Crippen LogP contribution in [0, 0.1) is 17.8 Å². The highest BCUT2D eigenvalue weighted by atomic mass is 15.2. The summed E-state index contributed by atoms with van der Waals surface area (Å²) in [6.45, 7) is 10.4. The van der Waals surface area contributed by atoms with Crippen molar-refractivity contribution in [1.29, 1.82) is 0 Å².